The zero-order chi connectivity index (χ0) is 21.2. The van der Waals surface area contributed by atoms with Gasteiger partial charge in [-0.1, -0.05) is 55.1 Å². The van der Waals surface area contributed by atoms with Crippen molar-refractivity contribution >= 4 is 22.5 Å². The SMILES string of the molecule is CCSc1n[nH]c(-c2cc(-c3ccc4ccccc4c3)cc(-c3cnccc3F)c2)n1. The molecule has 0 aliphatic rings. The molecule has 0 atom stereocenters. The van der Waals surface area contributed by atoms with Crippen LogP contribution >= 0.6 is 11.8 Å². The normalized spacial score (nSPS) is 11.2. The van der Waals surface area contributed by atoms with Gasteiger partial charge in [-0.15, -0.1) is 5.10 Å². The molecule has 152 valence electrons. The molecule has 2 heterocycles. The molecule has 0 saturated heterocycles. The molecular weight excluding hydrogens is 407 g/mol. The lowest BCUT2D eigenvalue weighted by Gasteiger charge is -2.11. The number of hydrogen-bond donors (Lipinski definition) is 1. The first-order valence-corrected chi connectivity index (χ1v) is 11.0. The summed E-state index contributed by atoms with van der Waals surface area (Å²) in [4.78, 5) is 8.72. The van der Waals surface area contributed by atoms with Crippen molar-refractivity contribution in [2.45, 2.75) is 12.1 Å². The van der Waals surface area contributed by atoms with Gasteiger partial charge in [-0.25, -0.2) is 9.37 Å². The van der Waals surface area contributed by atoms with E-state index in [9.17, 15) is 4.39 Å². The van der Waals surface area contributed by atoms with E-state index in [0.717, 1.165) is 33.4 Å². The predicted octanol–water partition coefficient (Wildman–Crippen LogP) is 6.61. The summed E-state index contributed by atoms with van der Waals surface area (Å²) in [6.45, 7) is 2.06. The summed E-state index contributed by atoms with van der Waals surface area (Å²) in [6, 6.07) is 21.9. The van der Waals surface area contributed by atoms with Gasteiger partial charge in [-0.2, -0.15) is 0 Å². The summed E-state index contributed by atoms with van der Waals surface area (Å²) in [5, 5.41) is 10.3. The molecule has 4 nitrogen and oxygen atoms in total. The average molecular weight is 427 g/mol. The Balaban J connectivity index is 1.69. The van der Waals surface area contributed by atoms with Gasteiger partial charge in [0.1, 0.15) is 5.82 Å². The van der Waals surface area contributed by atoms with Crippen molar-refractivity contribution < 1.29 is 4.39 Å². The van der Waals surface area contributed by atoms with E-state index in [0.29, 0.717) is 16.5 Å². The molecule has 0 bridgehead atoms. The number of aromatic nitrogens is 4. The Morgan fingerprint density at radius 1 is 0.871 bits per heavy atom. The van der Waals surface area contributed by atoms with Gasteiger partial charge in [0.15, 0.2) is 5.82 Å². The lowest BCUT2D eigenvalue weighted by atomic mass is 9.95. The maximum atomic E-state index is 14.6. The molecule has 31 heavy (non-hydrogen) atoms. The van der Waals surface area contributed by atoms with Crippen molar-refractivity contribution in [3.8, 4) is 33.6 Å². The third kappa shape index (κ3) is 3.94. The summed E-state index contributed by atoms with van der Waals surface area (Å²) >= 11 is 1.57. The monoisotopic (exact) mass is 426 g/mol. The van der Waals surface area contributed by atoms with Crippen LogP contribution in [0.4, 0.5) is 4.39 Å². The van der Waals surface area contributed by atoms with Crippen LogP contribution in [-0.2, 0) is 0 Å². The number of nitrogens with one attached hydrogen (secondary N) is 1. The zero-order valence-corrected chi connectivity index (χ0v) is 17.7. The average Bonchev–Trinajstić information content (AvgIpc) is 3.28. The Morgan fingerprint density at radius 2 is 1.68 bits per heavy atom. The summed E-state index contributed by atoms with van der Waals surface area (Å²) in [5.74, 6) is 1.24. The molecule has 3 aromatic carbocycles. The zero-order valence-electron chi connectivity index (χ0n) is 16.8. The van der Waals surface area contributed by atoms with E-state index >= 15 is 0 Å². The molecule has 1 N–H and O–H groups in total. The second-order valence-corrected chi connectivity index (χ2v) is 8.35. The predicted molar refractivity (Wildman–Crippen MR) is 124 cm³/mol. The molecular formula is C25H19FN4S. The fraction of sp³-hybridized carbons (Fsp3) is 0.0800. The van der Waals surface area contributed by atoms with Crippen LogP contribution in [0.5, 0.6) is 0 Å². The number of aromatic amines is 1. The molecule has 0 radical (unpaired) electrons. The third-order valence-electron chi connectivity index (χ3n) is 5.11. The maximum Gasteiger partial charge on any atom is 0.208 e. The van der Waals surface area contributed by atoms with Gasteiger partial charge >= 0.3 is 0 Å². The highest BCUT2D eigenvalue weighted by Gasteiger charge is 2.13. The van der Waals surface area contributed by atoms with E-state index in [4.69, 9.17) is 0 Å². The minimum absolute atomic E-state index is 0.309. The molecule has 5 rings (SSSR count). The fourth-order valence-electron chi connectivity index (χ4n) is 3.61. The number of hydrogen-bond acceptors (Lipinski definition) is 4. The Labute approximate surface area is 183 Å². The largest absolute Gasteiger partial charge is 0.264 e. The lowest BCUT2D eigenvalue weighted by molar-refractivity contribution is 0.629. The maximum absolute atomic E-state index is 14.6. The minimum atomic E-state index is -0.309. The van der Waals surface area contributed by atoms with E-state index in [1.165, 1.54) is 17.6 Å². The first-order chi connectivity index (χ1) is 15.2. The smallest absolute Gasteiger partial charge is 0.208 e. The van der Waals surface area contributed by atoms with Crippen LogP contribution in [-0.4, -0.2) is 25.9 Å². The number of nitrogens with zero attached hydrogens (tertiary/aromatic N) is 3. The van der Waals surface area contributed by atoms with Gasteiger partial charge in [0.2, 0.25) is 5.16 Å². The van der Waals surface area contributed by atoms with Crippen molar-refractivity contribution in [3.63, 3.8) is 0 Å². The van der Waals surface area contributed by atoms with E-state index < -0.39 is 0 Å². The second-order valence-electron chi connectivity index (χ2n) is 7.12. The van der Waals surface area contributed by atoms with Crippen LogP contribution < -0.4 is 0 Å². The molecule has 0 fully saturated rings. The van der Waals surface area contributed by atoms with E-state index in [-0.39, 0.29) is 5.82 Å². The topological polar surface area (TPSA) is 54.5 Å². The fourth-order valence-corrected chi connectivity index (χ4v) is 4.14. The molecule has 0 aliphatic carbocycles. The number of fused-ring (bicyclic) bond motifs is 1. The van der Waals surface area contributed by atoms with Gasteiger partial charge in [0, 0.05) is 23.5 Å². The van der Waals surface area contributed by atoms with Crippen molar-refractivity contribution in [2.75, 3.05) is 5.75 Å². The summed E-state index contributed by atoms with van der Waals surface area (Å²) in [7, 11) is 0. The van der Waals surface area contributed by atoms with Crippen molar-refractivity contribution in [2.24, 2.45) is 0 Å². The summed E-state index contributed by atoms with van der Waals surface area (Å²) in [6.07, 6.45) is 3.01. The molecule has 5 aromatic rings. The third-order valence-corrected chi connectivity index (χ3v) is 5.84. The number of H-pyrrole nitrogens is 1. The minimum Gasteiger partial charge on any atom is -0.264 e. The van der Waals surface area contributed by atoms with Crippen LogP contribution in [0.1, 0.15) is 6.92 Å². The van der Waals surface area contributed by atoms with Crippen molar-refractivity contribution in [1.82, 2.24) is 20.2 Å². The first kappa shape index (κ1) is 19.5. The summed E-state index contributed by atoms with van der Waals surface area (Å²) in [5.41, 5.74) is 4.07. The molecule has 0 unspecified atom stereocenters. The molecule has 0 spiro atoms. The van der Waals surface area contributed by atoms with Gasteiger partial charge in [-0.05, 0) is 63.5 Å². The Hall–Kier alpha value is -3.51. The van der Waals surface area contributed by atoms with Crippen LogP contribution in [0.15, 0.2) is 84.3 Å². The number of thioether (sulfide) groups is 1. The van der Waals surface area contributed by atoms with Crippen LogP contribution in [0.3, 0.4) is 0 Å². The quantitative estimate of drug-likeness (QED) is 0.322. The van der Waals surface area contributed by atoms with E-state index in [2.05, 4.69) is 63.5 Å². The van der Waals surface area contributed by atoms with Crippen molar-refractivity contribution in [1.29, 1.82) is 0 Å². The van der Waals surface area contributed by atoms with Gasteiger partial charge < -0.3 is 0 Å². The number of pyridine rings is 1. The summed E-state index contributed by atoms with van der Waals surface area (Å²) < 4.78 is 14.6. The second kappa shape index (κ2) is 8.32. The van der Waals surface area contributed by atoms with Gasteiger partial charge in [0.05, 0.1) is 0 Å². The molecule has 0 aliphatic heterocycles. The van der Waals surface area contributed by atoms with E-state index in [1.807, 2.05) is 24.3 Å². The van der Waals surface area contributed by atoms with Crippen LogP contribution in [0.2, 0.25) is 0 Å². The standard InChI is InChI=1S/C25H19FN4S/c1-2-31-25-28-24(29-30-25)21-13-19(12-20(14-21)22-15-27-10-9-23(22)26)18-8-7-16-5-3-4-6-17(16)11-18/h3-15H,2H2,1H3,(H,28,29,30). The lowest BCUT2D eigenvalue weighted by Crippen LogP contribution is -1.90. The molecule has 6 heteroatoms. The highest BCUT2D eigenvalue weighted by atomic mass is 32.2. The Bertz CT molecular complexity index is 1380. The number of halogens is 1. The molecule has 0 saturated carbocycles. The molecule has 0 amide bonds. The van der Waals surface area contributed by atoms with Gasteiger partial charge in [-0.3, -0.25) is 10.1 Å². The van der Waals surface area contributed by atoms with Crippen LogP contribution in [0, 0.1) is 5.82 Å². The highest BCUT2D eigenvalue weighted by molar-refractivity contribution is 7.99. The number of rotatable bonds is 5. The number of benzene rings is 3. The van der Waals surface area contributed by atoms with Crippen LogP contribution in [0.25, 0.3) is 44.4 Å². The Morgan fingerprint density at radius 3 is 2.52 bits per heavy atom. The molecule has 2 aromatic heterocycles. The Kier molecular flexibility index (Phi) is 5.22. The highest BCUT2D eigenvalue weighted by Crippen LogP contribution is 2.34. The van der Waals surface area contributed by atoms with Gasteiger partial charge in [0.25, 0.3) is 0 Å². The first-order valence-electron chi connectivity index (χ1n) is 10.0. The van der Waals surface area contributed by atoms with Crippen molar-refractivity contribution in [3.05, 3.63) is 84.9 Å². The van der Waals surface area contributed by atoms with E-state index in [1.54, 1.807) is 18.0 Å².